The number of halogens is 2. The minimum atomic E-state index is -0.133. The number of rotatable bonds is 1. The van der Waals surface area contributed by atoms with Gasteiger partial charge < -0.3 is 17.2 Å². The molecule has 0 aromatic heterocycles. The van der Waals surface area contributed by atoms with Gasteiger partial charge in [0.15, 0.2) is 5.96 Å². The van der Waals surface area contributed by atoms with Gasteiger partial charge >= 0.3 is 0 Å². The molecule has 0 saturated heterocycles. The van der Waals surface area contributed by atoms with Gasteiger partial charge in [0.25, 0.3) is 0 Å². The summed E-state index contributed by atoms with van der Waals surface area (Å²) in [6, 6.07) is 3.51. The van der Waals surface area contributed by atoms with Crippen molar-refractivity contribution >= 4 is 45.1 Å². The van der Waals surface area contributed by atoms with Crippen molar-refractivity contribution in [3.8, 4) is 0 Å². The van der Waals surface area contributed by atoms with E-state index < -0.39 is 0 Å². The summed E-state index contributed by atoms with van der Waals surface area (Å²) >= 11 is 9.29. The third-order valence-corrected chi connectivity index (χ3v) is 3.04. The van der Waals surface area contributed by atoms with Crippen LogP contribution in [-0.2, 0) is 0 Å². The summed E-state index contributed by atoms with van der Waals surface area (Å²) in [5.74, 6) is -0.139. The Morgan fingerprint density at radius 2 is 1.94 bits per heavy atom. The van der Waals surface area contributed by atoms with Gasteiger partial charge in [0.2, 0.25) is 5.96 Å². The van der Waals surface area contributed by atoms with Crippen molar-refractivity contribution in [2.75, 3.05) is 0 Å². The lowest BCUT2D eigenvalue weighted by molar-refractivity contribution is 1.35. The number of hydrogen-bond donors (Lipinski definition) is 3. The molecule has 0 unspecified atom stereocenters. The zero-order chi connectivity index (χ0) is 12.3. The van der Waals surface area contributed by atoms with Gasteiger partial charge in [-0.1, -0.05) is 11.6 Å². The number of aliphatic imine (C=N–C) groups is 2. The Hall–Kier alpha value is -1.27. The van der Waals surface area contributed by atoms with Crippen LogP contribution in [0.2, 0.25) is 5.02 Å². The highest BCUT2D eigenvalue weighted by atomic mass is 79.9. The fourth-order valence-corrected chi connectivity index (χ4v) is 1.72. The summed E-state index contributed by atoms with van der Waals surface area (Å²) in [5, 5.41) is 0.638. The van der Waals surface area contributed by atoms with Gasteiger partial charge in [0.1, 0.15) is 0 Å². The van der Waals surface area contributed by atoms with Crippen LogP contribution >= 0.6 is 27.5 Å². The van der Waals surface area contributed by atoms with Crippen LogP contribution in [0.4, 0.5) is 5.69 Å². The van der Waals surface area contributed by atoms with E-state index in [-0.39, 0.29) is 11.9 Å². The molecule has 0 fully saturated rings. The van der Waals surface area contributed by atoms with E-state index in [9.17, 15) is 0 Å². The van der Waals surface area contributed by atoms with Crippen LogP contribution in [0.5, 0.6) is 0 Å². The maximum Gasteiger partial charge on any atom is 0.223 e. The van der Waals surface area contributed by atoms with Gasteiger partial charge in [-0.3, -0.25) is 0 Å². The van der Waals surface area contributed by atoms with E-state index in [0.717, 1.165) is 10.0 Å². The lowest BCUT2D eigenvalue weighted by atomic mass is 10.2. The van der Waals surface area contributed by atoms with Crippen molar-refractivity contribution in [3.63, 3.8) is 0 Å². The first kappa shape index (κ1) is 12.8. The van der Waals surface area contributed by atoms with E-state index in [0.29, 0.717) is 10.7 Å². The van der Waals surface area contributed by atoms with E-state index in [4.69, 9.17) is 28.8 Å². The number of hydrogen-bond acceptors (Lipinski definition) is 1. The molecule has 5 nitrogen and oxygen atoms in total. The Morgan fingerprint density at radius 1 is 1.31 bits per heavy atom. The van der Waals surface area contributed by atoms with Gasteiger partial charge in [0.05, 0.1) is 10.7 Å². The molecule has 1 rings (SSSR count). The van der Waals surface area contributed by atoms with Crippen LogP contribution in [-0.4, -0.2) is 11.9 Å². The quantitative estimate of drug-likeness (QED) is 0.542. The van der Waals surface area contributed by atoms with Gasteiger partial charge in [-0.2, -0.15) is 4.99 Å². The van der Waals surface area contributed by atoms with Crippen LogP contribution in [0.1, 0.15) is 5.56 Å². The van der Waals surface area contributed by atoms with E-state index in [2.05, 4.69) is 25.9 Å². The molecule has 0 bridgehead atoms. The van der Waals surface area contributed by atoms with Crippen LogP contribution in [0.3, 0.4) is 0 Å². The lowest BCUT2D eigenvalue weighted by Gasteiger charge is -2.03. The fourth-order valence-electron chi connectivity index (χ4n) is 1.06. The van der Waals surface area contributed by atoms with Gasteiger partial charge in [-0.15, -0.1) is 0 Å². The molecule has 0 amide bonds. The molecule has 0 aliphatic carbocycles. The fraction of sp³-hybridized carbons (Fsp3) is 0.111. The van der Waals surface area contributed by atoms with Crippen molar-refractivity contribution in [1.29, 1.82) is 0 Å². The molecule has 1 aromatic rings. The monoisotopic (exact) mass is 303 g/mol. The molecule has 0 spiro atoms. The van der Waals surface area contributed by atoms with Gasteiger partial charge in [-0.25, -0.2) is 4.99 Å². The average molecular weight is 305 g/mol. The van der Waals surface area contributed by atoms with Crippen LogP contribution in [0.15, 0.2) is 26.6 Å². The zero-order valence-electron chi connectivity index (χ0n) is 8.54. The predicted octanol–water partition coefficient (Wildman–Crippen LogP) is 1.63. The van der Waals surface area contributed by atoms with Crippen LogP contribution < -0.4 is 17.2 Å². The lowest BCUT2D eigenvalue weighted by Crippen LogP contribution is -2.26. The first-order chi connectivity index (χ1) is 7.40. The number of aryl methyl sites for hydroxylation is 1. The van der Waals surface area contributed by atoms with Crippen molar-refractivity contribution in [2.45, 2.75) is 6.92 Å². The second-order valence-corrected chi connectivity index (χ2v) is 4.30. The van der Waals surface area contributed by atoms with Gasteiger partial charge in [-0.05, 0) is 40.5 Å². The molecule has 0 saturated carbocycles. The summed E-state index contributed by atoms with van der Waals surface area (Å²) in [5.41, 5.74) is 17.3. The summed E-state index contributed by atoms with van der Waals surface area (Å²) in [7, 11) is 0. The Balaban J connectivity index is 3.12. The summed E-state index contributed by atoms with van der Waals surface area (Å²) in [6.07, 6.45) is 0. The standard InChI is InChI=1S/C9H11BrClN5/c1-4-2-5(3-6(10)7(4)11)15-9(14)16-8(12)13/h2-3H,1H3,(H6,12,13,14,15,16). The highest BCUT2D eigenvalue weighted by molar-refractivity contribution is 9.10. The van der Waals surface area contributed by atoms with E-state index in [1.165, 1.54) is 0 Å². The summed E-state index contributed by atoms with van der Waals surface area (Å²) in [6.45, 7) is 1.86. The third-order valence-electron chi connectivity index (χ3n) is 1.68. The van der Waals surface area contributed by atoms with E-state index >= 15 is 0 Å². The van der Waals surface area contributed by atoms with Crippen molar-refractivity contribution in [1.82, 2.24) is 0 Å². The van der Waals surface area contributed by atoms with Crippen molar-refractivity contribution in [2.24, 2.45) is 27.2 Å². The molecule has 1 aromatic carbocycles. The van der Waals surface area contributed by atoms with Crippen LogP contribution in [0, 0.1) is 6.92 Å². The Morgan fingerprint density at radius 3 is 2.44 bits per heavy atom. The molecule has 0 aliphatic rings. The normalized spacial score (nSPS) is 11.3. The van der Waals surface area contributed by atoms with Crippen molar-refractivity contribution < 1.29 is 0 Å². The largest absolute Gasteiger partial charge is 0.370 e. The van der Waals surface area contributed by atoms with E-state index in [1.54, 1.807) is 12.1 Å². The highest BCUT2D eigenvalue weighted by Crippen LogP contribution is 2.30. The summed E-state index contributed by atoms with van der Waals surface area (Å²) < 4.78 is 0.741. The molecular weight excluding hydrogens is 293 g/mol. The number of guanidine groups is 2. The minimum Gasteiger partial charge on any atom is -0.370 e. The maximum atomic E-state index is 5.98. The Kier molecular flexibility index (Phi) is 4.14. The van der Waals surface area contributed by atoms with Crippen molar-refractivity contribution in [3.05, 3.63) is 27.2 Å². The average Bonchev–Trinajstić information content (AvgIpc) is 2.12. The van der Waals surface area contributed by atoms with Gasteiger partial charge in [0, 0.05) is 4.47 Å². The highest BCUT2D eigenvalue weighted by Gasteiger charge is 2.03. The topological polar surface area (TPSA) is 103 Å². The molecule has 16 heavy (non-hydrogen) atoms. The molecule has 86 valence electrons. The molecule has 0 radical (unpaired) electrons. The zero-order valence-corrected chi connectivity index (χ0v) is 10.9. The molecule has 0 aliphatic heterocycles. The molecule has 0 heterocycles. The number of benzene rings is 1. The third kappa shape index (κ3) is 3.39. The molecule has 0 atom stereocenters. The van der Waals surface area contributed by atoms with E-state index in [1.807, 2.05) is 6.92 Å². The summed E-state index contributed by atoms with van der Waals surface area (Å²) in [4.78, 5) is 7.63. The number of nitrogens with two attached hydrogens (primary N) is 3. The molecule has 6 N–H and O–H groups in total. The minimum absolute atomic E-state index is 0.00591. The number of nitrogens with zero attached hydrogens (tertiary/aromatic N) is 2. The Bertz CT molecular complexity index is 442. The second kappa shape index (κ2) is 5.18. The van der Waals surface area contributed by atoms with Crippen LogP contribution in [0.25, 0.3) is 0 Å². The molecular formula is C9H11BrClN5. The smallest absolute Gasteiger partial charge is 0.223 e. The Labute approximate surface area is 107 Å². The first-order valence-corrected chi connectivity index (χ1v) is 5.46. The molecule has 7 heteroatoms. The SMILES string of the molecule is Cc1cc(N=C(N)N=C(N)N)cc(Br)c1Cl. The maximum absolute atomic E-state index is 5.98. The predicted molar refractivity (Wildman–Crippen MR) is 71.0 cm³/mol. The first-order valence-electron chi connectivity index (χ1n) is 4.29. The second-order valence-electron chi connectivity index (χ2n) is 3.07.